The maximum Gasteiger partial charge on any atom is 0.126 e. The van der Waals surface area contributed by atoms with Gasteiger partial charge < -0.3 is 5.11 Å². The van der Waals surface area contributed by atoms with E-state index in [1.165, 1.54) is 12.1 Å². The minimum atomic E-state index is -0.491. The summed E-state index contributed by atoms with van der Waals surface area (Å²) < 4.78 is 12.8. The molecule has 0 heterocycles. The maximum atomic E-state index is 12.8. The third kappa shape index (κ3) is 2.29. The van der Waals surface area contributed by atoms with Crippen LogP contribution in [-0.4, -0.2) is 5.11 Å². The van der Waals surface area contributed by atoms with E-state index in [0.717, 1.165) is 6.07 Å². The van der Waals surface area contributed by atoms with Crippen molar-refractivity contribution in [3.63, 3.8) is 0 Å². The number of rotatable bonds is 1. The van der Waals surface area contributed by atoms with Gasteiger partial charge in [-0.2, -0.15) is 0 Å². The van der Waals surface area contributed by atoms with Crippen molar-refractivity contribution in [2.75, 3.05) is 0 Å². The second kappa shape index (κ2) is 4.32. The van der Waals surface area contributed by atoms with Crippen molar-refractivity contribution >= 4 is 23.2 Å². The largest absolute Gasteiger partial charge is 0.507 e. The predicted octanol–water partition coefficient (Wildman–Crippen LogP) is 4.51. The minimum Gasteiger partial charge on any atom is -0.507 e. The van der Waals surface area contributed by atoms with Gasteiger partial charge in [-0.3, -0.25) is 0 Å². The number of halogens is 3. The summed E-state index contributed by atoms with van der Waals surface area (Å²) in [5.41, 5.74) is 1.14. The fourth-order valence-electron chi connectivity index (χ4n) is 1.46. The van der Waals surface area contributed by atoms with Gasteiger partial charge in [-0.15, -0.1) is 0 Å². The van der Waals surface area contributed by atoms with Crippen molar-refractivity contribution in [1.82, 2.24) is 0 Å². The number of aromatic hydroxyl groups is 1. The summed E-state index contributed by atoms with van der Waals surface area (Å²) in [6.45, 7) is 0. The van der Waals surface area contributed by atoms with Crippen LogP contribution in [0.2, 0.25) is 10.0 Å². The van der Waals surface area contributed by atoms with Crippen molar-refractivity contribution < 1.29 is 9.50 Å². The Labute approximate surface area is 102 Å². The molecule has 4 heteroatoms. The summed E-state index contributed by atoms with van der Waals surface area (Å²) in [7, 11) is 0. The van der Waals surface area contributed by atoms with Crippen LogP contribution in [0.5, 0.6) is 5.75 Å². The summed E-state index contributed by atoms with van der Waals surface area (Å²) >= 11 is 11.7. The Morgan fingerprint density at radius 3 is 2.12 bits per heavy atom. The van der Waals surface area contributed by atoms with Crippen LogP contribution in [0.3, 0.4) is 0 Å². The molecule has 0 saturated carbocycles. The molecule has 0 radical (unpaired) electrons. The van der Waals surface area contributed by atoms with Gasteiger partial charge in [0, 0.05) is 21.7 Å². The number of phenols is 1. The number of hydrogen-bond donors (Lipinski definition) is 1. The Hall–Kier alpha value is -1.25. The molecule has 0 spiro atoms. The molecule has 0 aliphatic rings. The first-order valence-corrected chi connectivity index (χ1v) is 5.27. The molecule has 2 aromatic rings. The van der Waals surface area contributed by atoms with Gasteiger partial charge in [0.25, 0.3) is 0 Å². The number of benzene rings is 2. The zero-order chi connectivity index (χ0) is 11.7. The Balaban J connectivity index is 2.58. The molecule has 0 atom stereocenters. The highest BCUT2D eigenvalue weighted by molar-refractivity contribution is 6.35. The van der Waals surface area contributed by atoms with Crippen LogP contribution in [0, 0.1) is 5.82 Å². The third-order valence-corrected chi connectivity index (χ3v) is 2.57. The quantitative estimate of drug-likeness (QED) is 0.797. The SMILES string of the molecule is Oc1cc(F)ccc1-c1cc(Cl)cc(Cl)c1. The molecule has 2 aromatic carbocycles. The van der Waals surface area contributed by atoms with Gasteiger partial charge in [0.2, 0.25) is 0 Å². The molecule has 0 aliphatic carbocycles. The zero-order valence-corrected chi connectivity index (χ0v) is 9.56. The van der Waals surface area contributed by atoms with Crippen LogP contribution in [0.1, 0.15) is 0 Å². The van der Waals surface area contributed by atoms with E-state index >= 15 is 0 Å². The molecule has 2 rings (SSSR count). The minimum absolute atomic E-state index is 0.140. The van der Waals surface area contributed by atoms with Crippen molar-refractivity contribution in [3.8, 4) is 16.9 Å². The molecule has 0 amide bonds. The Bertz CT molecular complexity index is 520. The monoisotopic (exact) mass is 256 g/mol. The molecule has 0 unspecified atom stereocenters. The van der Waals surface area contributed by atoms with E-state index in [0.29, 0.717) is 21.2 Å². The van der Waals surface area contributed by atoms with E-state index in [4.69, 9.17) is 23.2 Å². The second-order valence-corrected chi connectivity index (χ2v) is 4.19. The lowest BCUT2D eigenvalue weighted by Crippen LogP contribution is -1.82. The van der Waals surface area contributed by atoms with Crippen molar-refractivity contribution in [1.29, 1.82) is 0 Å². The van der Waals surface area contributed by atoms with Gasteiger partial charge in [0.05, 0.1) is 0 Å². The van der Waals surface area contributed by atoms with E-state index in [2.05, 4.69) is 0 Å². The van der Waals surface area contributed by atoms with Crippen molar-refractivity contribution in [2.24, 2.45) is 0 Å². The molecular weight excluding hydrogens is 250 g/mol. The summed E-state index contributed by atoms with van der Waals surface area (Å²) in [6, 6.07) is 8.69. The van der Waals surface area contributed by atoms with E-state index in [1.807, 2.05) is 0 Å². The molecule has 16 heavy (non-hydrogen) atoms. The first-order valence-electron chi connectivity index (χ1n) is 4.51. The fourth-order valence-corrected chi connectivity index (χ4v) is 1.98. The van der Waals surface area contributed by atoms with Gasteiger partial charge in [-0.1, -0.05) is 23.2 Å². The van der Waals surface area contributed by atoms with Crippen molar-refractivity contribution in [3.05, 3.63) is 52.3 Å². The standard InChI is InChI=1S/C12H7Cl2FO/c13-8-3-7(4-9(14)5-8)11-2-1-10(15)6-12(11)16/h1-6,16H. The highest BCUT2D eigenvalue weighted by Gasteiger charge is 2.07. The van der Waals surface area contributed by atoms with Crippen LogP contribution in [0.4, 0.5) is 4.39 Å². The number of hydrogen-bond acceptors (Lipinski definition) is 1. The second-order valence-electron chi connectivity index (χ2n) is 3.32. The van der Waals surface area contributed by atoms with Gasteiger partial charge in [-0.05, 0) is 35.9 Å². The Morgan fingerprint density at radius 2 is 1.56 bits per heavy atom. The van der Waals surface area contributed by atoms with E-state index in [1.54, 1.807) is 18.2 Å². The number of phenolic OH excluding ortho intramolecular Hbond substituents is 1. The summed E-state index contributed by atoms with van der Waals surface area (Å²) in [6.07, 6.45) is 0. The molecule has 0 fully saturated rings. The molecule has 0 bridgehead atoms. The molecular formula is C12H7Cl2FO. The van der Waals surface area contributed by atoms with Gasteiger partial charge >= 0.3 is 0 Å². The van der Waals surface area contributed by atoms with Gasteiger partial charge in [-0.25, -0.2) is 4.39 Å². The smallest absolute Gasteiger partial charge is 0.126 e. The van der Waals surface area contributed by atoms with Gasteiger partial charge in [0.1, 0.15) is 11.6 Å². The summed E-state index contributed by atoms with van der Waals surface area (Å²) in [4.78, 5) is 0. The Kier molecular flexibility index (Phi) is 3.03. The Morgan fingerprint density at radius 1 is 0.938 bits per heavy atom. The van der Waals surface area contributed by atoms with Crippen LogP contribution < -0.4 is 0 Å². The molecule has 1 N–H and O–H groups in total. The first-order chi connectivity index (χ1) is 7.56. The van der Waals surface area contributed by atoms with E-state index < -0.39 is 5.82 Å². The zero-order valence-electron chi connectivity index (χ0n) is 8.05. The summed E-state index contributed by atoms with van der Waals surface area (Å²) in [5.74, 6) is -0.632. The van der Waals surface area contributed by atoms with E-state index in [9.17, 15) is 9.50 Å². The first kappa shape index (κ1) is 11.2. The molecule has 1 nitrogen and oxygen atoms in total. The highest BCUT2D eigenvalue weighted by Crippen LogP contribution is 2.33. The highest BCUT2D eigenvalue weighted by atomic mass is 35.5. The van der Waals surface area contributed by atoms with E-state index in [-0.39, 0.29) is 5.75 Å². The summed E-state index contributed by atoms with van der Waals surface area (Å²) in [5, 5.41) is 10.5. The van der Waals surface area contributed by atoms with Gasteiger partial charge in [0.15, 0.2) is 0 Å². The van der Waals surface area contributed by atoms with Crippen LogP contribution >= 0.6 is 23.2 Å². The lowest BCUT2D eigenvalue weighted by atomic mass is 10.0. The fraction of sp³-hybridized carbons (Fsp3) is 0. The average molecular weight is 257 g/mol. The molecule has 82 valence electrons. The molecule has 0 aliphatic heterocycles. The molecule has 0 aromatic heterocycles. The molecule has 0 saturated heterocycles. The normalized spacial score (nSPS) is 10.4. The topological polar surface area (TPSA) is 20.2 Å². The van der Waals surface area contributed by atoms with Crippen molar-refractivity contribution in [2.45, 2.75) is 0 Å². The van der Waals surface area contributed by atoms with Crippen LogP contribution in [0.25, 0.3) is 11.1 Å². The third-order valence-electron chi connectivity index (χ3n) is 2.13. The maximum absolute atomic E-state index is 12.8. The lowest BCUT2D eigenvalue weighted by Gasteiger charge is -2.06. The lowest BCUT2D eigenvalue weighted by molar-refractivity contribution is 0.471. The average Bonchev–Trinajstić information content (AvgIpc) is 2.15. The predicted molar refractivity (Wildman–Crippen MR) is 63.5 cm³/mol. The van der Waals surface area contributed by atoms with Crippen LogP contribution in [0.15, 0.2) is 36.4 Å². The van der Waals surface area contributed by atoms with Crippen LogP contribution in [-0.2, 0) is 0 Å².